The molecule has 0 atom stereocenters. The fourth-order valence-electron chi connectivity index (χ4n) is 2.15. The van der Waals surface area contributed by atoms with Crippen LogP contribution < -0.4 is 10.6 Å². The molecular formula is C15H20Cl2N2O2. The predicted octanol–water partition coefficient (Wildman–Crippen LogP) is 4.46. The third kappa shape index (κ3) is 4.97. The first-order valence-corrected chi connectivity index (χ1v) is 7.69. The standard InChI is InChI=1S/C15H20Cl2N2O2/c1-15(2,3)21-14(20)19-11-7-10(8-11)18-13-5-4-9(16)6-12(13)17/h4-6,10-11,18H,7-8H2,1-3H3,(H,19,20). The Balaban J connectivity index is 1.75. The molecule has 1 fully saturated rings. The quantitative estimate of drug-likeness (QED) is 0.860. The van der Waals surface area contributed by atoms with Crippen LogP contribution in [0.4, 0.5) is 10.5 Å². The van der Waals surface area contributed by atoms with Crippen molar-refractivity contribution < 1.29 is 9.53 Å². The average molecular weight is 331 g/mol. The van der Waals surface area contributed by atoms with Crippen molar-refractivity contribution in [2.24, 2.45) is 0 Å². The monoisotopic (exact) mass is 330 g/mol. The minimum atomic E-state index is -0.470. The summed E-state index contributed by atoms with van der Waals surface area (Å²) >= 11 is 12.0. The number of ether oxygens (including phenoxy) is 1. The van der Waals surface area contributed by atoms with Gasteiger partial charge in [0.25, 0.3) is 0 Å². The SMILES string of the molecule is CC(C)(C)OC(=O)NC1CC(Nc2ccc(Cl)cc2Cl)C1. The molecule has 1 aliphatic carbocycles. The summed E-state index contributed by atoms with van der Waals surface area (Å²) in [6.07, 6.45) is 1.33. The minimum absolute atomic E-state index is 0.142. The second-order valence-electron chi connectivity index (χ2n) is 6.28. The minimum Gasteiger partial charge on any atom is -0.444 e. The summed E-state index contributed by atoms with van der Waals surface area (Å²) in [4.78, 5) is 11.6. The average Bonchev–Trinajstić information content (AvgIpc) is 2.26. The summed E-state index contributed by atoms with van der Waals surface area (Å²) in [5.41, 5.74) is 0.393. The highest BCUT2D eigenvalue weighted by Crippen LogP contribution is 2.30. The topological polar surface area (TPSA) is 50.4 Å². The van der Waals surface area contributed by atoms with Gasteiger partial charge in [0.2, 0.25) is 0 Å². The van der Waals surface area contributed by atoms with Crippen LogP contribution in [0.3, 0.4) is 0 Å². The molecule has 1 aromatic rings. The zero-order chi connectivity index (χ0) is 15.6. The number of rotatable bonds is 3. The third-order valence-corrected chi connectivity index (χ3v) is 3.70. The molecule has 2 rings (SSSR count). The van der Waals surface area contributed by atoms with Crippen molar-refractivity contribution in [3.63, 3.8) is 0 Å². The summed E-state index contributed by atoms with van der Waals surface area (Å²) < 4.78 is 5.22. The van der Waals surface area contributed by atoms with E-state index in [1.165, 1.54) is 0 Å². The molecule has 0 spiro atoms. The van der Waals surface area contributed by atoms with E-state index in [2.05, 4.69) is 10.6 Å². The van der Waals surface area contributed by atoms with Crippen LogP contribution in [-0.4, -0.2) is 23.8 Å². The van der Waals surface area contributed by atoms with Gasteiger partial charge in [0.05, 0.1) is 10.7 Å². The van der Waals surface area contributed by atoms with E-state index < -0.39 is 5.60 Å². The third-order valence-electron chi connectivity index (χ3n) is 3.15. The van der Waals surface area contributed by atoms with Crippen molar-refractivity contribution in [2.75, 3.05) is 5.32 Å². The van der Waals surface area contributed by atoms with Crippen molar-refractivity contribution in [2.45, 2.75) is 51.3 Å². The smallest absolute Gasteiger partial charge is 0.407 e. The van der Waals surface area contributed by atoms with Crippen LogP contribution in [0.25, 0.3) is 0 Å². The Morgan fingerprint density at radius 2 is 1.90 bits per heavy atom. The van der Waals surface area contributed by atoms with Gasteiger partial charge in [-0.05, 0) is 51.8 Å². The largest absolute Gasteiger partial charge is 0.444 e. The highest BCUT2D eigenvalue weighted by Gasteiger charge is 2.31. The predicted molar refractivity (Wildman–Crippen MR) is 86.3 cm³/mol. The van der Waals surface area contributed by atoms with Crippen LogP contribution in [0.2, 0.25) is 10.0 Å². The highest BCUT2D eigenvalue weighted by atomic mass is 35.5. The molecule has 0 unspecified atom stereocenters. The molecule has 6 heteroatoms. The van der Waals surface area contributed by atoms with Gasteiger partial charge < -0.3 is 15.4 Å². The first-order valence-electron chi connectivity index (χ1n) is 6.94. The number of alkyl carbamates (subject to hydrolysis) is 1. The molecule has 0 radical (unpaired) electrons. The second kappa shape index (κ2) is 6.32. The van der Waals surface area contributed by atoms with Gasteiger partial charge in [0.15, 0.2) is 0 Å². The number of carbonyl (C=O) groups is 1. The molecule has 2 N–H and O–H groups in total. The first-order chi connectivity index (χ1) is 9.73. The summed E-state index contributed by atoms with van der Waals surface area (Å²) in [5, 5.41) is 7.42. The van der Waals surface area contributed by atoms with Crippen LogP contribution in [0.5, 0.6) is 0 Å². The maximum absolute atomic E-state index is 11.6. The Bertz CT molecular complexity index is 523. The Kier molecular flexibility index (Phi) is 4.89. The van der Waals surface area contributed by atoms with E-state index in [9.17, 15) is 4.79 Å². The molecule has 0 bridgehead atoms. The van der Waals surface area contributed by atoms with E-state index in [0.29, 0.717) is 16.1 Å². The maximum atomic E-state index is 11.6. The zero-order valence-electron chi connectivity index (χ0n) is 12.4. The lowest BCUT2D eigenvalue weighted by Crippen LogP contribution is -2.50. The van der Waals surface area contributed by atoms with Gasteiger partial charge in [-0.1, -0.05) is 23.2 Å². The van der Waals surface area contributed by atoms with Crippen molar-refractivity contribution in [3.8, 4) is 0 Å². The molecule has 4 nitrogen and oxygen atoms in total. The summed E-state index contributed by atoms with van der Waals surface area (Å²) in [7, 11) is 0. The lowest BCUT2D eigenvalue weighted by molar-refractivity contribution is 0.0475. The van der Waals surface area contributed by atoms with Crippen LogP contribution in [0.15, 0.2) is 18.2 Å². The number of hydrogen-bond acceptors (Lipinski definition) is 3. The molecule has 1 saturated carbocycles. The molecule has 0 heterocycles. The van der Waals surface area contributed by atoms with E-state index in [-0.39, 0.29) is 12.1 Å². The number of benzene rings is 1. The van der Waals surface area contributed by atoms with Gasteiger partial charge >= 0.3 is 6.09 Å². The Morgan fingerprint density at radius 1 is 1.24 bits per heavy atom. The molecule has 116 valence electrons. The molecule has 0 aromatic heterocycles. The maximum Gasteiger partial charge on any atom is 0.407 e. The van der Waals surface area contributed by atoms with Crippen molar-refractivity contribution in [1.29, 1.82) is 0 Å². The summed E-state index contributed by atoms with van der Waals surface area (Å²) in [6.45, 7) is 5.54. The summed E-state index contributed by atoms with van der Waals surface area (Å²) in [6, 6.07) is 5.80. The Labute approximate surface area is 135 Å². The molecule has 0 aliphatic heterocycles. The van der Waals surface area contributed by atoms with Crippen LogP contribution in [-0.2, 0) is 4.74 Å². The number of amides is 1. The van der Waals surface area contributed by atoms with Gasteiger partial charge in [-0.15, -0.1) is 0 Å². The Hall–Kier alpha value is -1.13. The van der Waals surface area contributed by atoms with Crippen LogP contribution in [0, 0.1) is 0 Å². The van der Waals surface area contributed by atoms with Crippen LogP contribution in [0.1, 0.15) is 33.6 Å². The van der Waals surface area contributed by atoms with Crippen molar-refractivity contribution >= 4 is 35.0 Å². The van der Waals surface area contributed by atoms with Gasteiger partial charge in [-0.3, -0.25) is 0 Å². The number of anilines is 1. The fraction of sp³-hybridized carbons (Fsp3) is 0.533. The lowest BCUT2D eigenvalue weighted by Gasteiger charge is -2.37. The number of halogens is 2. The molecular weight excluding hydrogens is 311 g/mol. The zero-order valence-corrected chi connectivity index (χ0v) is 13.9. The van der Waals surface area contributed by atoms with E-state index in [4.69, 9.17) is 27.9 Å². The fourth-order valence-corrected chi connectivity index (χ4v) is 2.62. The molecule has 0 saturated heterocycles. The second-order valence-corrected chi connectivity index (χ2v) is 7.12. The van der Waals surface area contributed by atoms with E-state index >= 15 is 0 Å². The molecule has 1 amide bonds. The molecule has 1 aromatic carbocycles. The van der Waals surface area contributed by atoms with Gasteiger partial charge in [0.1, 0.15) is 5.60 Å². The van der Waals surface area contributed by atoms with Crippen molar-refractivity contribution in [3.05, 3.63) is 28.2 Å². The van der Waals surface area contributed by atoms with Crippen LogP contribution >= 0.6 is 23.2 Å². The lowest BCUT2D eigenvalue weighted by atomic mass is 9.86. The van der Waals surface area contributed by atoms with E-state index in [0.717, 1.165) is 18.5 Å². The highest BCUT2D eigenvalue weighted by molar-refractivity contribution is 6.36. The number of carbonyl (C=O) groups excluding carboxylic acids is 1. The van der Waals surface area contributed by atoms with Gasteiger partial charge in [0, 0.05) is 17.1 Å². The van der Waals surface area contributed by atoms with E-state index in [1.807, 2.05) is 26.8 Å². The molecule has 1 aliphatic rings. The Morgan fingerprint density at radius 3 is 2.48 bits per heavy atom. The molecule has 21 heavy (non-hydrogen) atoms. The van der Waals surface area contributed by atoms with Gasteiger partial charge in [-0.2, -0.15) is 0 Å². The number of hydrogen-bond donors (Lipinski definition) is 2. The first kappa shape index (κ1) is 16.2. The summed E-state index contributed by atoms with van der Waals surface area (Å²) in [5.74, 6) is 0. The van der Waals surface area contributed by atoms with Gasteiger partial charge in [-0.25, -0.2) is 4.79 Å². The number of nitrogens with one attached hydrogen (secondary N) is 2. The van der Waals surface area contributed by atoms with Crippen molar-refractivity contribution in [1.82, 2.24) is 5.32 Å². The van der Waals surface area contributed by atoms with E-state index in [1.54, 1.807) is 12.1 Å². The normalized spacial score (nSPS) is 21.4.